The van der Waals surface area contributed by atoms with Gasteiger partial charge in [-0.05, 0) is 28.9 Å². The zero-order valence-corrected chi connectivity index (χ0v) is 10.8. The van der Waals surface area contributed by atoms with Gasteiger partial charge in [-0.25, -0.2) is 8.78 Å². The molecule has 92 valence electrons. The lowest BCUT2D eigenvalue weighted by Gasteiger charge is -2.17. The van der Waals surface area contributed by atoms with Crippen molar-refractivity contribution in [3.8, 4) is 0 Å². The van der Waals surface area contributed by atoms with Crippen LogP contribution in [0.3, 0.4) is 0 Å². The monoisotopic (exact) mass is 304 g/mol. The number of hydrogen-bond acceptors (Lipinski definition) is 2. The molecule has 17 heavy (non-hydrogen) atoms. The van der Waals surface area contributed by atoms with Gasteiger partial charge in [-0.3, -0.25) is 9.78 Å². The summed E-state index contributed by atoms with van der Waals surface area (Å²) < 4.78 is 26.7. The lowest BCUT2D eigenvalue weighted by molar-refractivity contribution is 0.0120. The Kier molecular flexibility index (Phi) is 3.16. The number of amides is 1. The van der Waals surface area contributed by atoms with Crippen LogP contribution in [0.15, 0.2) is 16.7 Å². The molecule has 2 heterocycles. The molecule has 0 spiro atoms. The van der Waals surface area contributed by atoms with Gasteiger partial charge >= 0.3 is 0 Å². The Morgan fingerprint density at radius 3 is 2.88 bits per heavy atom. The number of rotatable bonds is 1. The minimum Gasteiger partial charge on any atom is -0.332 e. The first kappa shape index (κ1) is 12.4. The van der Waals surface area contributed by atoms with Crippen molar-refractivity contribution in [2.24, 2.45) is 0 Å². The Morgan fingerprint density at radius 2 is 2.29 bits per heavy atom. The first-order valence-corrected chi connectivity index (χ1v) is 5.98. The quantitative estimate of drug-likeness (QED) is 0.799. The molecular formula is C11H11BrF2N2O. The molecule has 3 nitrogen and oxygen atoms in total. The molecule has 0 unspecified atom stereocenters. The Bertz CT molecular complexity index is 465. The van der Waals surface area contributed by atoms with E-state index in [2.05, 4.69) is 20.9 Å². The highest BCUT2D eigenvalue weighted by atomic mass is 79.9. The van der Waals surface area contributed by atoms with Crippen LogP contribution in [0.2, 0.25) is 0 Å². The average molecular weight is 305 g/mol. The predicted octanol–water partition coefficient (Wildman–Crippen LogP) is 2.63. The molecule has 0 saturated carbocycles. The van der Waals surface area contributed by atoms with Crippen LogP contribution in [-0.2, 0) is 0 Å². The van der Waals surface area contributed by atoms with Crippen LogP contribution in [0.4, 0.5) is 8.78 Å². The molecule has 0 atom stereocenters. The number of likely N-dealkylation sites (tertiary alicyclic amines) is 1. The highest BCUT2D eigenvalue weighted by molar-refractivity contribution is 9.10. The zero-order chi connectivity index (χ0) is 12.6. The van der Waals surface area contributed by atoms with Gasteiger partial charge in [0.1, 0.15) is 0 Å². The maximum Gasteiger partial charge on any atom is 0.267 e. The van der Waals surface area contributed by atoms with Crippen molar-refractivity contribution in [1.82, 2.24) is 9.88 Å². The summed E-state index contributed by atoms with van der Waals surface area (Å²) in [6.07, 6.45) is 1.31. The molecule has 0 bridgehead atoms. The minimum absolute atomic E-state index is 0.0950. The highest BCUT2D eigenvalue weighted by Crippen LogP contribution is 2.28. The number of carbonyl (C=O) groups is 1. The van der Waals surface area contributed by atoms with E-state index in [9.17, 15) is 13.6 Å². The van der Waals surface area contributed by atoms with E-state index >= 15 is 0 Å². The molecule has 0 N–H and O–H groups in total. The fraction of sp³-hybridized carbons (Fsp3) is 0.455. The summed E-state index contributed by atoms with van der Waals surface area (Å²) in [6, 6.07) is 1.61. The van der Waals surface area contributed by atoms with Crippen molar-refractivity contribution in [2.75, 3.05) is 13.1 Å². The molecule has 1 aliphatic rings. The normalized spacial score (nSPS) is 18.5. The van der Waals surface area contributed by atoms with Crippen LogP contribution in [0, 0.1) is 6.92 Å². The Hall–Kier alpha value is -1.04. The van der Waals surface area contributed by atoms with E-state index in [1.54, 1.807) is 19.2 Å². The number of hydrogen-bond donors (Lipinski definition) is 0. The SMILES string of the molecule is Cc1ncc(Br)cc1C(=O)N1CCC(F)(F)C1. The number of aromatic nitrogens is 1. The summed E-state index contributed by atoms with van der Waals surface area (Å²) in [5, 5.41) is 0. The fourth-order valence-corrected chi connectivity index (χ4v) is 2.13. The largest absolute Gasteiger partial charge is 0.332 e. The van der Waals surface area contributed by atoms with E-state index in [-0.39, 0.29) is 18.9 Å². The molecule has 0 aromatic carbocycles. The third kappa shape index (κ3) is 2.62. The first-order valence-electron chi connectivity index (χ1n) is 5.18. The maximum absolute atomic E-state index is 13.0. The third-order valence-electron chi connectivity index (χ3n) is 2.74. The lowest BCUT2D eigenvalue weighted by Crippen LogP contribution is -2.32. The Balaban J connectivity index is 2.23. The van der Waals surface area contributed by atoms with Crippen LogP contribution < -0.4 is 0 Å². The summed E-state index contributed by atoms with van der Waals surface area (Å²) in [7, 11) is 0. The third-order valence-corrected chi connectivity index (χ3v) is 3.17. The molecular weight excluding hydrogens is 294 g/mol. The molecule has 1 saturated heterocycles. The molecule has 6 heteroatoms. The topological polar surface area (TPSA) is 33.2 Å². The smallest absolute Gasteiger partial charge is 0.267 e. The van der Waals surface area contributed by atoms with E-state index in [0.29, 0.717) is 15.7 Å². The highest BCUT2D eigenvalue weighted by Gasteiger charge is 2.40. The van der Waals surface area contributed by atoms with Crippen molar-refractivity contribution >= 4 is 21.8 Å². The Labute approximate surface area is 106 Å². The van der Waals surface area contributed by atoms with Crippen molar-refractivity contribution in [2.45, 2.75) is 19.3 Å². The van der Waals surface area contributed by atoms with E-state index in [4.69, 9.17) is 0 Å². The first-order chi connectivity index (χ1) is 7.89. The zero-order valence-electron chi connectivity index (χ0n) is 9.21. The van der Waals surface area contributed by atoms with Gasteiger partial charge in [0.15, 0.2) is 0 Å². The molecule has 1 aliphatic heterocycles. The molecule has 2 rings (SSSR count). The van der Waals surface area contributed by atoms with E-state index in [1.807, 2.05) is 0 Å². The van der Waals surface area contributed by atoms with Gasteiger partial charge in [-0.2, -0.15) is 0 Å². The summed E-state index contributed by atoms with van der Waals surface area (Å²) in [4.78, 5) is 17.2. The molecule has 1 amide bonds. The van der Waals surface area contributed by atoms with Gasteiger partial charge < -0.3 is 4.90 Å². The van der Waals surface area contributed by atoms with Crippen molar-refractivity contribution < 1.29 is 13.6 Å². The second-order valence-corrected chi connectivity index (χ2v) is 5.03. The van der Waals surface area contributed by atoms with Gasteiger partial charge in [0.2, 0.25) is 0 Å². The number of pyridine rings is 1. The van der Waals surface area contributed by atoms with Crippen LogP contribution in [0.5, 0.6) is 0 Å². The lowest BCUT2D eigenvalue weighted by atomic mass is 10.2. The van der Waals surface area contributed by atoms with Gasteiger partial charge in [-0.1, -0.05) is 0 Å². The van der Waals surface area contributed by atoms with Crippen molar-refractivity contribution in [1.29, 1.82) is 0 Å². The summed E-state index contributed by atoms with van der Waals surface area (Å²) >= 11 is 3.21. The van der Waals surface area contributed by atoms with Crippen LogP contribution in [-0.4, -0.2) is 34.8 Å². The van der Waals surface area contributed by atoms with Crippen LogP contribution >= 0.6 is 15.9 Å². The molecule has 0 aliphatic carbocycles. The maximum atomic E-state index is 13.0. The van der Waals surface area contributed by atoms with Gasteiger partial charge in [0.05, 0.1) is 17.8 Å². The van der Waals surface area contributed by atoms with Gasteiger partial charge in [0, 0.05) is 23.6 Å². The van der Waals surface area contributed by atoms with E-state index in [0.717, 1.165) is 0 Å². The second-order valence-electron chi connectivity index (χ2n) is 4.12. The van der Waals surface area contributed by atoms with E-state index < -0.39 is 12.5 Å². The Morgan fingerprint density at radius 1 is 1.59 bits per heavy atom. The minimum atomic E-state index is -2.76. The number of carbonyl (C=O) groups excluding carboxylic acids is 1. The second kappa shape index (κ2) is 4.33. The fourth-order valence-electron chi connectivity index (χ4n) is 1.80. The van der Waals surface area contributed by atoms with Crippen molar-refractivity contribution in [3.63, 3.8) is 0 Å². The van der Waals surface area contributed by atoms with Crippen molar-refractivity contribution in [3.05, 3.63) is 28.0 Å². The number of aryl methyl sites for hydroxylation is 1. The summed E-state index contributed by atoms with van der Waals surface area (Å²) in [6.45, 7) is 1.28. The molecule has 1 aromatic heterocycles. The molecule has 1 fully saturated rings. The number of alkyl halides is 2. The van der Waals surface area contributed by atoms with Gasteiger partial charge in [-0.15, -0.1) is 0 Å². The van der Waals surface area contributed by atoms with Crippen LogP contribution in [0.1, 0.15) is 22.5 Å². The molecule has 1 aromatic rings. The van der Waals surface area contributed by atoms with Gasteiger partial charge in [0.25, 0.3) is 11.8 Å². The predicted molar refractivity (Wildman–Crippen MR) is 62.1 cm³/mol. The number of halogens is 3. The van der Waals surface area contributed by atoms with Crippen LogP contribution in [0.25, 0.3) is 0 Å². The number of nitrogens with zero attached hydrogens (tertiary/aromatic N) is 2. The van der Waals surface area contributed by atoms with E-state index in [1.165, 1.54) is 4.90 Å². The standard InChI is InChI=1S/C11H11BrF2N2O/c1-7-9(4-8(12)5-15-7)10(17)16-3-2-11(13,14)6-16/h4-5H,2-3,6H2,1H3. The molecule has 0 radical (unpaired) electrons. The average Bonchev–Trinajstić information content (AvgIpc) is 2.61. The summed E-state index contributed by atoms with van der Waals surface area (Å²) in [5.41, 5.74) is 0.922. The summed E-state index contributed by atoms with van der Waals surface area (Å²) in [5.74, 6) is -3.14.